The quantitative estimate of drug-likeness (QED) is 0.341. The highest BCUT2D eigenvalue weighted by atomic mass is 16.5. The summed E-state index contributed by atoms with van der Waals surface area (Å²) in [5, 5.41) is 8.97. The van der Waals surface area contributed by atoms with Crippen molar-refractivity contribution in [1.29, 1.82) is 0 Å². The molecule has 0 saturated heterocycles. The number of pyridine rings is 1. The maximum atomic E-state index is 12.9. The van der Waals surface area contributed by atoms with Gasteiger partial charge in [-0.25, -0.2) is 0 Å². The second-order valence-electron chi connectivity index (χ2n) is 7.60. The Kier molecular flexibility index (Phi) is 10.4. The van der Waals surface area contributed by atoms with Crippen LogP contribution >= 0.6 is 0 Å². The molecule has 0 bridgehead atoms. The Hall–Kier alpha value is -2.99. The Balaban J connectivity index is 1.92. The van der Waals surface area contributed by atoms with Crippen LogP contribution in [0.2, 0.25) is 0 Å². The number of hydrogen-bond donors (Lipinski definition) is 1. The zero-order valence-corrected chi connectivity index (χ0v) is 18.3. The van der Waals surface area contributed by atoms with Crippen molar-refractivity contribution in [2.45, 2.75) is 45.6 Å². The summed E-state index contributed by atoms with van der Waals surface area (Å²) in [5.74, 6) is -0.643. The third-order valence-electron chi connectivity index (χ3n) is 4.82. The summed E-state index contributed by atoms with van der Waals surface area (Å²) in [5.41, 5.74) is 2.40. The standard InChI is InChI=1S/C25H31NO5/c1-19(14-25(28)29)13-24(27)23(21-15-22(30-2)17-26-16-21)11-7-4-8-12-31-18-20-9-5-3-6-10-20/h3,5-6,9-11,15-17,19H,4,7-8,12-14,18H2,1-2H3,(H,28,29)/t19-/m0/s1. The van der Waals surface area contributed by atoms with Crippen LogP contribution < -0.4 is 4.74 Å². The van der Waals surface area contributed by atoms with E-state index in [2.05, 4.69) is 4.98 Å². The number of carboxylic acids is 1. The second-order valence-corrected chi connectivity index (χ2v) is 7.60. The van der Waals surface area contributed by atoms with Gasteiger partial charge in [-0.2, -0.15) is 0 Å². The van der Waals surface area contributed by atoms with Crippen molar-refractivity contribution >= 4 is 17.3 Å². The number of ether oxygens (including phenoxy) is 2. The SMILES string of the molecule is COc1cncc(C(=CCCCCOCc2ccccc2)C(=O)C[C@H](C)CC(=O)O)c1. The highest BCUT2D eigenvalue weighted by Crippen LogP contribution is 2.24. The first kappa shape index (κ1) is 24.3. The molecule has 2 aromatic rings. The Bertz CT molecular complexity index is 863. The van der Waals surface area contributed by atoms with E-state index in [9.17, 15) is 9.59 Å². The largest absolute Gasteiger partial charge is 0.495 e. The van der Waals surface area contributed by atoms with Crippen molar-refractivity contribution in [1.82, 2.24) is 4.98 Å². The van der Waals surface area contributed by atoms with Crippen molar-refractivity contribution in [3.8, 4) is 5.75 Å². The summed E-state index contributed by atoms with van der Waals surface area (Å²) in [6.07, 6.45) is 7.78. The Morgan fingerprint density at radius 3 is 2.61 bits per heavy atom. The predicted molar refractivity (Wildman–Crippen MR) is 120 cm³/mol. The van der Waals surface area contributed by atoms with Gasteiger partial charge in [0.2, 0.25) is 0 Å². The summed E-state index contributed by atoms with van der Waals surface area (Å²) < 4.78 is 10.9. The van der Waals surface area contributed by atoms with E-state index in [-0.39, 0.29) is 24.5 Å². The predicted octanol–water partition coefficient (Wildman–Crippen LogP) is 4.93. The number of methoxy groups -OCH3 is 1. The minimum atomic E-state index is -0.899. The van der Waals surface area contributed by atoms with Gasteiger partial charge in [0.05, 0.1) is 19.9 Å². The van der Waals surface area contributed by atoms with Crippen molar-refractivity contribution in [3.63, 3.8) is 0 Å². The molecule has 1 atom stereocenters. The smallest absolute Gasteiger partial charge is 0.303 e. The Labute approximate surface area is 183 Å². The molecule has 31 heavy (non-hydrogen) atoms. The van der Waals surface area contributed by atoms with Gasteiger partial charge in [-0.05, 0) is 36.8 Å². The first-order chi connectivity index (χ1) is 15.0. The van der Waals surface area contributed by atoms with E-state index in [1.54, 1.807) is 32.5 Å². The molecule has 1 aromatic carbocycles. The maximum Gasteiger partial charge on any atom is 0.303 e. The van der Waals surface area contributed by atoms with E-state index < -0.39 is 5.97 Å². The lowest BCUT2D eigenvalue weighted by molar-refractivity contribution is -0.138. The van der Waals surface area contributed by atoms with Crippen molar-refractivity contribution in [2.75, 3.05) is 13.7 Å². The number of unbranched alkanes of at least 4 members (excludes halogenated alkanes) is 2. The minimum Gasteiger partial charge on any atom is -0.495 e. The first-order valence-corrected chi connectivity index (χ1v) is 10.6. The third kappa shape index (κ3) is 9.13. The molecule has 6 nitrogen and oxygen atoms in total. The van der Waals surface area contributed by atoms with Crippen LogP contribution in [0.25, 0.3) is 5.57 Å². The van der Waals surface area contributed by atoms with Crippen LogP contribution in [0.15, 0.2) is 54.9 Å². The van der Waals surface area contributed by atoms with Crippen molar-refractivity contribution in [3.05, 3.63) is 66.0 Å². The minimum absolute atomic E-state index is 0.0336. The molecule has 0 saturated carbocycles. The number of aliphatic carboxylic acids is 1. The van der Waals surface area contributed by atoms with Gasteiger partial charge in [0.15, 0.2) is 5.78 Å². The van der Waals surface area contributed by atoms with Gasteiger partial charge in [0.25, 0.3) is 0 Å². The third-order valence-corrected chi connectivity index (χ3v) is 4.82. The lowest BCUT2D eigenvalue weighted by Crippen LogP contribution is -2.11. The number of carboxylic acid groups (broad SMARTS) is 1. The van der Waals surface area contributed by atoms with Crippen LogP contribution in [0.5, 0.6) is 5.75 Å². The topological polar surface area (TPSA) is 85.7 Å². The fourth-order valence-electron chi connectivity index (χ4n) is 3.23. The van der Waals surface area contributed by atoms with Crippen LogP contribution in [0.3, 0.4) is 0 Å². The molecule has 1 aromatic heterocycles. The summed E-state index contributed by atoms with van der Waals surface area (Å²) in [4.78, 5) is 28.0. The van der Waals surface area contributed by atoms with E-state index in [1.165, 1.54) is 0 Å². The molecule has 166 valence electrons. The zero-order chi connectivity index (χ0) is 22.5. The molecule has 0 spiro atoms. The maximum absolute atomic E-state index is 12.9. The molecular formula is C25H31NO5. The number of carbonyl (C=O) groups is 2. The van der Waals surface area contributed by atoms with Gasteiger partial charge in [0, 0.05) is 36.8 Å². The summed E-state index contributed by atoms with van der Waals surface area (Å²) in [7, 11) is 1.55. The van der Waals surface area contributed by atoms with Crippen LogP contribution in [0.4, 0.5) is 0 Å². The second kappa shape index (κ2) is 13.3. The fraction of sp³-hybridized carbons (Fsp3) is 0.400. The molecule has 0 unspecified atom stereocenters. The number of rotatable bonds is 14. The van der Waals surface area contributed by atoms with Gasteiger partial charge >= 0.3 is 5.97 Å². The molecule has 1 heterocycles. The van der Waals surface area contributed by atoms with E-state index >= 15 is 0 Å². The zero-order valence-electron chi connectivity index (χ0n) is 18.3. The van der Waals surface area contributed by atoms with Crippen LogP contribution in [-0.2, 0) is 20.9 Å². The fourth-order valence-corrected chi connectivity index (χ4v) is 3.23. The van der Waals surface area contributed by atoms with Crippen LogP contribution in [0, 0.1) is 5.92 Å². The number of benzene rings is 1. The Morgan fingerprint density at radius 2 is 1.90 bits per heavy atom. The average Bonchev–Trinajstić information content (AvgIpc) is 2.75. The highest BCUT2D eigenvalue weighted by Gasteiger charge is 2.18. The lowest BCUT2D eigenvalue weighted by atomic mass is 9.93. The van der Waals surface area contributed by atoms with Crippen molar-refractivity contribution < 1.29 is 24.2 Å². The number of nitrogens with zero attached hydrogens (tertiary/aromatic N) is 1. The number of aromatic nitrogens is 1. The summed E-state index contributed by atoms with van der Waals surface area (Å²) >= 11 is 0. The molecule has 0 radical (unpaired) electrons. The number of hydrogen-bond acceptors (Lipinski definition) is 5. The van der Waals surface area contributed by atoms with Crippen LogP contribution in [0.1, 0.15) is 50.2 Å². The molecule has 1 N–H and O–H groups in total. The number of carbonyl (C=O) groups excluding carboxylic acids is 1. The normalized spacial score (nSPS) is 12.4. The molecule has 0 aliphatic heterocycles. The molecule has 0 amide bonds. The molecular weight excluding hydrogens is 394 g/mol. The van der Waals surface area contributed by atoms with E-state index in [0.717, 1.165) is 24.8 Å². The molecule has 6 heteroatoms. The van der Waals surface area contributed by atoms with Gasteiger partial charge in [0.1, 0.15) is 5.75 Å². The van der Waals surface area contributed by atoms with Gasteiger partial charge < -0.3 is 14.6 Å². The van der Waals surface area contributed by atoms with Gasteiger partial charge in [-0.3, -0.25) is 14.6 Å². The average molecular weight is 426 g/mol. The number of Topliss-reactive ketones (excluding diaryl/α,β-unsaturated/α-hetero) is 1. The number of allylic oxidation sites excluding steroid dienone is 2. The first-order valence-electron chi connectivity index (χ1n) is 10.6. The van der Waals surface area contributed by atoms with Crippen LogP contribution in [-0.4, -0.2) is 35.6 Å². The molecule has 0 aliphatic carbocycles. The Morgan fingerprint density at radius 1 is 1.13 bits per heavy atom. The summed E-state index contributed by atoms with van der Waals surface area (Å²) in [6, 6.07) is 11.8. The van der Waals surface area contributed by atoms with Gasteiger partial charge in [-0.1, -0.05) is 43.3 Å². The highest BCUT2D eigenvalue weighted by molar-refractivity contribution is 6.20. The van der Waals surface area contributed by atoms with Gasteiger partial charge in [-0.15, -0.1) is 0 Å². The number of ketones is 1. The van der Waals surface area contributed by atoms with E-state index in [1.807, 2.05) is 36.4 Å². The van der Waals surface area contributed by atoms with Crippen molar-refractivity contribution in [2.24, 2.45) is 5.92 Å². The summed E-state index contributed by atoms with van der Waals surface area (Å²) in [6.45, 7) is 3.03. The molecule has 2 rings (SSSR count). The van der Waals surface area contributed by atoms with E-state index in [0.29, 0.717) is 30.1 Å². The monoisotopic (exact) mass is 425 g/mol. The van der Waals surface area contributed by atoms with E-state index in [4.69, 9.17) is 14.6 Å². The molecule has 0 aliphatic rings. The molecule has 0 fully saturated rings. The lowest BCUT2D eigenvalue weighted by Gasteiger charge is -2.12.